The van der Waals surface area contributed by atoms with E-state index in [4.69, 9.17) is 9.68 Å². The Balaban J connectivity index is 1.58. The summed E-state index contributed by atoms with van der Waals surface area (Å²) in [6.45, 7) is 3.72. The average molecular weight is 509 g/mol. The summed E-state index contributed by atoms with van der Waals surface area (Å²) >= 11 is 0. The molecule has 2 N–H and O–H groups in total. The maximum absolute atomic E-state index is 14.5. The number of rotatable bonds is 6. The van der Waals surface area contributed by atoms with Gasteiger partial charge in [-0.1, -0.05) is 18.2 Å². The molecule has 0 fully saturated rings. The Kier molecular flexibility index (Phi) is 6.23. The molecule has 0 unspecified atom stereocenters. The summed E-state index contributed by atoms with van der Waals surface area (Å²) in [5, 5.41) is 26.3. The fourth-order valence-corrected chi connectivity index (χ4v) is 4.35. The lowest BCUT2D eigenvalue weighted by Gasteiger charge is -2.19. The summed E-state index contributed by atoms with van der Waals surface area (Å²) in [5.74, 6) is -1.43. The van der Waals surface area contributed by atoms with Crippen LogP contribution in [0.15, 0.2) is 82.3 Å². The number of carboxylic acid groups (broad SMARTS) is 1. The molecule has 0 saturated carbocycles. The van der Waals surface area contributed by atoms with Crippen LogP contribution in [0.1, 0.15) is 40.0 Å². The molecule has 0 radical (unpaired) electrons. The van der Waals surface area contributed by atoms with E-state index in [2.05, 4.69) is 10.4 Å². The molecular formula is C29H21FN4O4. The van der Waals surface area contributed by atoms with Crippen molar-refractivity contribution in [2.24, 2.45) is 0 Å². The molecule has 0 bridgehead atoms. The topological polar surface area (TPSA) is 121 Å². The molecule has 5 aromatic rings. The van der Waals surface area contributed by atoms with Crippen molar-refractivity contribution in [1.29, 1.82) is 5.26 Å². The molecule has 188 valence electrons. The summed E-state index contributed by atoms with van der Waals surface area (Å²) in [4.78, 5) is 24.8. The highest BCUT2D eigenvalue weighted by Crippen LogP contribution is 2.31. The average Bonchev–Trinajstić information content (AvgIpc) is 3.38. The second-order valence-corrected chi connectivity index (χ2v) is 8.87. The highest BCUT2D eigenvalue weighted by Gasteiger charge is 2.19. The molecule has 0 aliphatic heterocycles. The number of nitriles is 1. The standard InChI is InChI=1S/C29H21FN4O4/c1-16-9-21(17(2)33-24-6-4-3-5-20(24)29(36)37)28-22(10-16)26(35)12-27(38-28)19-14-32-34(15-19)25-8-7-18(13-31)11-23(25)30/h3-12,14-15,17,33H,1-2H3,(H,36,37)/t17-/m1/s1. The Morgan fingerprint density at radius 3 is 2.71 bits per heavy atom. The van der Waals surface area contributed by atoms with Crippen LogP contribution in [0.25, 0.3) is 28.0 Å². The maximum atomic E-state index is 14.5. The summed E-state index contributed by atoms with van der Waals surface area (Å²) < 4.78 is 22.0. The number of hydrogen-bond donors (Lipinski definition) is 2. The minimum Gasteiger partial charge on any atom is -0.478 e. The molecule has 5 rings (SSSR count). The number of carbonyl (C=O) groups is 1. The molecule has 0 spiro atoms. The highest BCUT2D eigenvalue weighted by molar-refractivity contribution is 5.94. The number of hydrogen-bond acceptors (Lipinski definition) is 6. The van der Waals surface area contributed by atoms with Crippen LogP contribution in [0.4, 0.5) is 10.1 Å². The molecular weight excluding hydrogens is 487 g/mol. The second-order valence-electron chi connectivity index (χ2n) is 8.87. The Labute approximate surface area is 216 Å². The van der Waals surface area contributed by atoms with Crippen molar-refractivity contribution >= 4 is 22.6 Å². The van der Waals surface area contributed by atoms with Gasteiger partial charge in [0.05, 0.1) is 40.4 Å². The van der Waals surface area contributed by atoms with Gasteiger partial charge in [0.2, 0.25) is 0 Å². The predicted molar refractivity (Wildman–Crippen MR) is 140 cm³/mol. The Bertz CT molecular complexity index is 1820. The number of aromatic carboxylic acids is 1. The molecule has 9 heteroatoms. The van der Waals surface area contributed by atoms with Crippen LogP contribution in [0.5, 0.6) is 0 Å². The first-order valence-corrected chi connectivity index (χ1v) is 11.7. The van der Waals surface area contributed by atoms with Gasteiger partial charge in [-0.25, -0.2) is 13.9 Å². The zero-order valence-electron chi connectivity index (χ0n) is 20.4. The summed E-state index contributed by atoms with van der Waals surface area (Å²) in [6.07, 6.45) is 2.99. The molecule has 2 heterocycles. The third-order valence-corrected chi connectivity index (χ3v) is 6.19. The van der Waals surface area contributed by atoms with E-state index in [1.165, 1.54) is 41.3 Å². The van der Waals surface area contributed by atoms with E-state index in [1.807, 2.05) is 26.0 Å². The summed E-state index contributed by atoms with van der Waals surface area (Å²) in [5.41, 5.74) is 2.95. The molecule has 0 amide bonds. The van der Waals surface area contributed by atoms with Gasteiger partial charge in [0.15, 0.2) is 5.43 Å². The van der Waals surface area contributed by atoms with E-state index < -0.39 is 17.8 Å². The molecule has 2 aromatic heterocycles. The number of aromatic nitrogens is 2. The van der Waals surface area contributed by atoms with Crippen LogP contribution < -0.4 is 10.7 Å². The minimum atomic E-state index is -1.06. The lowest BCUT2D eigenvalue weighted by molar-refractivity contribution is 0.0698. The first-order chi connectivity index (χ1) is 18.2. The van der Waals surface area contributed by atoms with Gasteiger partial charge in [-0.05, 0) is 55.8 Å². The smallest absolute Gasteiger partial charge is 0.337 e. The second kappa shape index (κ2) is 9.67. The zero-order chi connectivity index (χ0) is 27.0. The van der Waals surface area contributed by atoms with Gasteiger partial charge < -0.3 is 14.8 Å². The molecule has 0 saturated heterocycles. The first kappa shape index (κ1) is 24.5. The van der Waals surface area contributed by atoms with E-state index in [9.17, 15) is 19.1 Å². The van der Waals surface area contributed by atoms with Crippen LogP contribution in [0.2, 0.25) is 0 Å². The number of fused-ring (bicyclic) bond motifs is 1. The van der Waals surface area contributed by atoms with E-state index >= 15 is 0 Å². The van der Waals surface area contributed by atoms with Crippen LogP contribution >= 0.6 is 0 Å². The number of benzene rings is 3. The van der Waals surface area contributed by atoms with Crippen molar-refractivity contribution in [2.75, 3.05) is 5.32 Å². The van der Waals surface area contributed by atoms with Crippen molar-refractivity contribution in [1.82, 2.24) is 9.78 Å². The van der Waals surface area contributed by atoms with Gasteiger partial charge >= 0.3 is 5.97 Å². The molecule has 38 heavy (non-hydrogen) atoms. The van der Waals surface area contributed by atoms with Gasteiger partial charge in [-0.3, -0.25) is 4.79 Å². The summed E-state index contributed by atoms with van der Waals surface area (Å²) in [7, 11) is 0. The monoisotopic (exact) mass is 508 g/mol. The summed E-state index contributed by atoms with van der Waals surface area (Å²) in [6, 6.07) is 17.1. The Morgan fingerprint density at radius 2 is 1.97 bits per heavy atom. The van der Waals surface area contributed by atoms with Crippen molar-refractivity contribution in [3.63, 3.8) is 0 Å². The third kappa shape index (κ3) is 4.51. The Hall–Kier alpha value is -5.23. The van der Waals surface area contributed by atoms with Gasteiger partial charge in [-0.2, -0.15) is 10.4 Å². The van der Waals surface area contributed by atoms with Crippen molar-refractivity contribution in [3.05, 3.63) is 111 Å². The number of nitrogens with one attached hydrogen (secondary N) is 1. The van der Waals surface area contributed by atoms with Gasteiger partial charge in [0.1, 0.15) is 22.8 Å². The van der Waals surface area contributed by atoms with Crippen LogP contribution in [0, 0.1) is 24.1 Å². The normalized spacial score (nSPS) is 11.7. The van der Waals surface area contributed by atoms with Crippen molar-refractivity contribution in [3.8, 4) is 23.1 Å². The Morgan fingerprint density at radius 1 is 1.18 bits per heavy atom. The van der Waals surface area contributed by atoms with Crippen molar-refractivity contribution < 1.29 is 18.7 Å². The fraction of sp³-hybridized carbons (Fsp3) is 0.103. The van der Waals surface area contributed by atoms with Gasteiger partial charge in [-0.15, -0.1) is 0 Å². The molecule has 0 aliphatic rings. The van der Waals surface area contributed by atoms with Gasteiger partial charge in [0, 0.05) is 23.5 Å². The lowest BCUT2D eigenvalue weighted by Crippen LogP contribution is -2.12. The zero-order valence-corrected chi connectivity index (χ0v) is 20.4. The quantitative estimate of drug-likeness (QED) is 0.296. The SMILES string of the molecule is Cc1cc([C@@H](C)Nc2ccccc2C(=O)O)c2oc(-c3cnn(-c4ccc(C#N)cc4F)c3)cc(=O)c2c1. The number of para-hydroxylation sites is 1. The van der Waals surface area contributed by atoms with Crippen LogP contribution in [-0.2, 0) is 0 Å². The highest BCUT2D eigenvalue weighted by atomic mass is 19.1. The van der Waals surface area contributed by atoms with Gasteiger partial charge in [0.25, 0.3) is 0 Å². The number of anilines is 1. The van der Waals surface area contributed by atoms with E-state index in [0.717, 1.165) is 11.6 Å². The van der Waals surface area contributed by atoms with Crippen LogP contribution in [-0.4, -0.2) is 20.9 Å². The maximum Gasteiger partial charge on any atom is 0.337 e. The van der Waals surface area contributed by atoms with Crippen molar-refractivity contribution in [2.45, 2.75) is 19.9 Å². The lowest BCUT2D eigenvalue weighted by atomic mass is 10.0. The minimum absolute atomic E-state index is 0.126. The predicted octanol–water partition coefficient (Wildman–Crippen LogP) is 5.84. The first-order valence-electron chi connectivity index (χ1n) is 11.7. The molecule has 0 aliphatic carbocycles. The fourth-order valence-electron chi connectivity index (χ4n) is 4.35. The molecule has 8 nitrogen and oxygen atoms in total. The number of halogens is 1. The van der Waals surface area contributed by atoms with E-state index in [0.29, 0.717) is 27.8 Å². The largest absolute Gasteiger partial charge is 0.478 e. The number of nitrogens with zero attached hydrogens (tertiary/aromatic N) is 3. The van der Waals surface area contributed by atoms with E-state index in [-0.39, 0.29) is 28.0 Å². The number of carboxylic acids is 1. The molecule has 1 atom stereocenters. The number of aryl methyl sites for hydroxylation is 1. The third-order valence-electron chi connectivity index (χ3n) is 6.19. The van der Waals surface area contributed by atoms with Crippen LogP contribution in [0.3, 0.4) is 0 Å². The van der Waals surface area contributed by atoms with E-state index in [1.54, 1.807) is 24.3 Å². The molecule has 3 aromatic carbocycles.